The summed E-state index contributed by atoms with van der Waals surface area (Å²) in [5, 5.41) is 18.8. The molecular formula is C23H37N3O6. The highest BCUT2D eigenvalue weighted by atomic mass is 16.5. The largest absolute Gasteiger partial charge is 0.508 e. The van der Waals surface area contributed by atoms with E-state index in [1.165, 1.54) is 7.11 Å². The molecule has 0 aliphatic carbocycles. The third-order valence-corrected chi connectivity index (χ3v) is 5.48. The molecule has 0 heterocycles. The van der Waals surface area contributed by atoms with Crippen molar-refractivity contribution in [2.45, 2.75) is 58.0 Å². The van der Waals surface area contributed by atoms with Crippen LogP contribution in [0.3, 0.4) is 0 Å². The van der Waals surface area contributed by atoms with Gasteiger partial charge in [-0.15, -0.1) is 0 Å². The Bertz CT molecular complexity index is 734. The predicted octanol–water partition coefficient (Wildman–Crippen LogP) is 0.942. The van der Waals surface area contributed by atoms with E-state index in [0.717, 1.165) is 29.7 Å². The monoisotopic (exact) mass is 451 g/mol. The smallest absolute Gasteiger partial charge is 0.329 e. The van der Waals surface area contributed by atoms with Gasteiger partial charge in [0.2, 0.25) is 11.8 Å². The lowest BCUT2D eigenvalue weighted by Gasteiger charge is -2.34. The van der Waals surface area contributed by atoms with E-state index in [4.69, 9.17) is 16.2 Å². The van der Waals surface area contributed by atoms with Crippen LogP contribution in [0.4, 0.5) is 0 Å². The molecule has 0 aliphatic rings. The zero-order chi connectivity index (χ0) is 24.3. The van der Waals surface area contributed by atoms with Crippen molar-refractivity contribution < 1.29 is 29.3 Å². The summed E-state index contributed by atoms with van der Waals surface area (Å²) in [5.41, 5.74) is 12.7. The number of esters is 1. The number of aliphatic hydroxyl groups excluding tert-OH is 1. The molecule has 1 aromatic carbocycles. The van der Waals surface area contributed by atoms with Crippen LogP contribution in [0.5, 0.6) is 5.75 Å². The molecule has 32 heavy (non-hydrogen) atoms. The number of amides is 2. The molecule has 2 amide bonds. The van der Waals surface area contributed by atoms with Gasteiger partial charge in [0.05, 0.1) is 13.2 Å². The lowest BCUT2D eigenvalue weighted by atomic mass is 9.96. The first-order chi connectivity index (χ1) is 15.2. The second kappa shape index (κ2) is 13.8. The van der Waals surface area contributed by atoms with E-state index in [1.807, 2.05) is 12.1 Å². The molecule has 1 rings (SSSR count). The standard InChI is InChI=1S/C23H37N3O6/c1-15(2)21(23(31)32-3)26(22(30)20(25)17(13-24)14-27)19(29)8-6-4-5-7-16-9-11-18(28)12-10-16/h9-12,15,17,20-21,27-28H,4-8,13-14,24-25H2,1-3H3/t17?,20-,21-/m0/s1. The summed E-state index contributed by atoms with van der Waals surface area (Å²) in [6.45, 7) is 2.98. The van der Waals surface area contributed by atoms with Crippen LogP contribution in [-0.4, -0.2) is 65.2 Å². The molecule has 6 N–H and O–H groups in total. The van der Waals surface area contributed by atoms with Crippen molar-refractivity contribution in [1.29, 1.82) is 0 Å². The van der Waals surface area contributed by atoms with E-state index >= 15 is 0 Å². The number of methoxy groups -OCH3 is 1. The van der Waals surface area contributed by atoms with Gasteiger partial charge < -0.3 is 26.4 Å². The number of aryl methyl sites for hydroxylation is 1. The lowest BCUT2D eigenvalue weighted by Crippen LogP contribution is -2.58. The van der Waals surface area contributed by atoms with Gasteiger partial charge in [-0.1, -0.05) is 32.4 Å². The van der Waals surface area contributed by atoms with E-state index in [1.54, 1.807) is 26.0 Å². The molecule has 0 spiro atoms. The molecule has 0 fully saturated rings. The van der Waals surface area contributed by atoms with Crippen LogP contribution in [0.2, 0.25) is 0 Å². The summed E-state index contributed by atoms with van der Waals surface area (Å²) < 4.78 is 4.83. The Morgan fingerprint density at radius 2 is 1.72 bits per heavy atom. The number of hydrogen-bond acceptors (Lipinski definition) is 8. The molecule has 0 bridgehead atoms. The van der Waals surface area contributed by atoms with Crippen LogP contribution < -0.4 is 11.5 Å². The summed E-state index contributed by atoms with van der Waals surface area (Å²) in [7, 11) is 1.20. The van der Waals surface area contributed by atoms with Gasteiger partial charge in [-0.25, -0.2) is 4.79 Å². The number of carbonyl (C=O) groups excluding carboxylic acids is 3. The zero-order valence-corrected chi connectivity index (χ0v) is 19.2. The normalized spacial score (nSPS) is 14.0. The molecule has 180 valence electrons. The number of hydrogen-bond donors (Lipinski definition) is 4. The van der Waals surface area contributed by atoms with Crippen molar-refractivity contribution in [1.82, 2.24) is 4.90 Å². The molecule has 0 aromatic heterocycles. The van der Waals surface area contributed by atoms with Gasteiger partial charge in [0.15, 0.2) is 0 Å². The number of aliphatic hydroxyl groups is 1. The Hall–Kier alpha value is -2.49. The fraction of sp³-hybridized carbons (Fsp3) is 0.609. The molecule has 1 unspecified atom stereocenters. The maximum absolute atomic E-state index is 13.1. The van der Waals surface area contributed by atoms with Crippen molar-refractivity contribution in [3.63, 3.8) is 0 Å². The van der Waals surface area contributed by atoms with E-state index < -0.39 is 42.4 Å². The van der Waals surface area contributed by atoms with Crippen molar-refractivity contribution in [3.8, 4) is 5.75 Å². The Morgan fingerprint density at radius 1 is 1.09 bits per heavy atom. The van der Waals surface area contributed by atoms with Gasteiger partial charge in [0.1, 0.15) is 11.8 Å². The minimum atomic E-state index is -1.21. The lowest BCUT2D eigenvalue weighted by molar-refractivity contribution is -0.163. The predicted molar refractivity (Wildman–Crippen MR) is 120 cm³/mol. The van der Waals surface area contributed by atoms with Crippen LogP contribution in [0.25, 0.3) is 0 Å². The third kappa shape index (κ3) is 7.89. The summed E-state index contributed by atoms with van der Waals surface area (Å²) in [4.78, 5) is 39.4. The number of unbranched alkanes of at least 4 members (excludes halogenated alkanes) is 2. The van der Waals surface area contributed by atoms with Gasteiger partial charge in [0.25, 0.3) is 0 Å². The Morgan fingerprint density at radius 3 is 2.22 bits per heavy atom. The van der Waals surface area contributed by atoms with Crippen LogP contribution in [0, 0.1) is 11.8 Å². The van der Waals surface area contributed by atoms with E-state index in [2.05, 4.69) is 0 Å². The summed E-state index contributed by atoms with van der Waals surface area (Å²) >= 11 is 0. The highest BCUT2D eigenvalue weighted by Crippen LogP contribution is 2.19. The fourth-order valence-corrected chi connectivity index (χ4v) is 3.47. The summed E-state index contributed by atoms with van der Waals surface area (Å²) in [5.74, 6) is -2.85. The van der Waals surface area contributed by atoms with Crippen molar-refractivity contribution in [2.24, 2.45) is 23.3 Å². The van der Waals surface area contributed by atoms with Gasteiger partial charge in [0, 0.05) is 18.9 Å². The number of nitrogens with two attached hydrogens (primary N) is 2. The summed E-state index contributed by atoms with van der Waals surface area (Å²) in [6.07, 6.45) is 2.97. The second-order valence-electron chi connectivity index (χ2n) is 8.25. The third-order valence-electron chi connectivity index (χ3n) is 5.48. The van der Waals surface area contributed by atoms with Crippen molar-refractivity contribution >= 4 is 17.8 Å². The molecule has 0 saturated carbocycles. The number of aromatic hydroxyl groups is 1. The minimum Gasteiger partial charge on any atom is -0.508 e. The number of benzene rings is 1. The molecule has 3 atom stereocenters. The highest BCUT2D eigenvalue weighted by Gasteiger charge is 2.40. The minimum absolute atomic E-state index is 0.0345. The number of rotatable bonds is 13. The Kier molecular flexibility index (Phi) is 11.9. The number of phenols is 1. The van der Waals surface area contributed by atoms with E-state index in [-0.39, 0.29) is 24.6 Å². The number of ether oxygens (including phenoxy) is 1. The molecule has 0 radical (unpaired) electrons. The molecule has 1 aromatic rings. The van der Waals surface area contributed by atoms with Crippen molar-refractivity contribution in [3.05, 3.63) is 29.8 Å². The number of phenolic OH excluding ortho intramolecular Hbond substituents is 1. The molecular weight excluding hydrogens is 414 g/mol. The quantitative estimate of drug-likeness (QED) is 0.255. The van der Waals surface area contributed by atoms with E-state index in [9.17, 15) is 24.6 Å². The SMILES string of the molecule is COC(=O)[C@H](C(C)C)N(C(=O)CCCCCc1ccc(O)cc1)C(=O)[C@@H](N)C(CN)CO. The second-order valence-corrected chi connectivity index (χ2v) is 8.25. The molecule has 9 heteroatoms. The van der Waals surface area contributed by atoms with Crippen LogP contribution >= 0.6 is 0 Å². The average Bonchev–Trinajstić information content (AvgIpc) is 2.77. The summed E-state index contributed by atoms with van der Waals surface area (Å²) in [6, 6.07) is 4.63. The zero-order valence-electron chi connectivity index (χ0n) is 19.2. The van der Waals surface area contributed by atoms with Gasteiger partial charge in [-0.05, 0) is 49.4 Å². The van der Waals surface area contributed by atoms with Crippen LogP contribution in [-0.2, 0) is 25.5 Å². The average molecular weight is 452 g/mol. The Balaban J connectivity index is 2.85. The van der Waals surface area contributed by atoms with E-state index in [0.29, 0.717) is 6.42 Å². The first-order valence-corrected chi connectivity index (χ1v) is 11.0. The molecule has 0 saturated heterocycles. The van der Waals surface area contributed by atoms with Crippen molar-refractivity contribution in [2.75, 3.05) is 20.3 Å². The molecule has 9 nitrogen and oxygen atoms in total. The first-order valence-electron chi connectivity index (χ1n) is 11.0. The molecule has 0 aliphatic heterocycles. The maximum atomic E-state index is 13.1. The van der Waals surface area contributed by atoms with Gasteiger partial charge in [-0.3, -0.25) is 14.5 Å². The van der Waals surface area contributed by atoms with Crippen LogP contribution in [0.1, 0.15) is 45.1 Å². The van der Waals surface area contributed by atoms with Crippen LogP contribution in [0.15, 0.2) is 24.3 Å². The van der Waals surface area contributed by atoms with Gasteiger partial charge in [-0.2, -0.15) is 0 Å². The topological polar surface area (TPSA) is 156 Å². The number of nitrogens with zero attached hydrogens (tertiary/aromatic N) is 1. The fourth-order valence-electron chi connectivity index (χ4n) is 3.47. The first kappa shape index (κ1) is 27.5. The maximum Gasteiger partial charge on any atom is 0.329 e. The highest BCUT2D eigenvalue weighted by molar-refractivity contribution is 6.01. The number of carbonyl (C=O) groups is 3. The number of imide groups is 1. The Labute approximate surface area is 189 Å². The van der Waals surface area contributed by atoms with Gasteiger partial charge >= 0.3 is 5.97 Å².